The second kappa shape index (κ2) is 12.5. The van der Waals surface area contributed by atoms with E-state index in [9.17, 15) is 13.2 Å². The smallest absolute Gasteiger partial charge is 0.238 e. The summed E-state index contributed by atoms with van der Waals surface area (Å²) in [5, 5.41) is 8.98. The summed E-state index contributed by atoms with van der Waals surface area (Å²) in [6.45, 7) is 7.10. The SMILES string of the molecule is CC(C)S(=O)(=O)c1ccccc1Nc1nc(Nc2cc(NC(=O)CN3CCN(C)CC3)ccc2Cl)ncc1Cl. The van der Waals surface area contributed by atoms with Gasteiger partial charge in [-0.15, -0.1) is 0 Å². The van der Waals surface area contributed by atoms with E-state index in [2.05, 4.69) is 42.8 Å². The number of piperazine rings is 1. The number of rotatable bonds is 9. The van der Waals surface area contributed by atoms with Gasteiger partial charge >= 0.3 is 0 Å². The van der Waals surface area contributed by atoms with Crippen molar-refractivity contribution >= 4 is 67.8 Å². The van der Waals surface area contributed by atoms with Gasteiger partial charge < -0.3 is 20.9 Å². The molecule has 0 atom stereocenters. The van der Waals surface area contributed by atoms with Crippen LogP contribution >= 0.6 is 23.2 Å². The Morgan fingerprint density at radius 1 is 1.00 bits per heavy atom. The number of halogens is 2. The molecule has 3 N–H and O–H groups in total. The first kappa shape index (κ1) is 29.0. The third-order valence-electron chi connectivity index (χ3n) is 6.27. The highest BCUT2D eigenvalue weighted by atomic mass is 35.5. The van der Waals surface area contributed by atoms with Gasteiger partial charge in [-0.2, -0.15) is 4.98 Å². The summed E-state index contributed by atoms with van der Waals surface area (Å²) >= 11 is 12.7. The average molecular weight is 593 g/mol. The van der Waals surface area contributed by atoms with E-state index in [1.165, 1.54) is 12.3 Å². The summed E-state index contributed by atoms with van der Waals surface area (Å²) in [5.41, 5.74) is 1.40. The lowest BCUT2D eigenvalue weighted by Gasteiger charge is -2.31. The van der Waals surface area contributed by atoms with Crippen LogP contribution in [-0.4, -0.2) is 79.1 Å². The summed E-state index contributed by atoms with van der Waals surface area (Å²) in [6.07, 6.45) is 1.40. The van der Waals surface area contributed by atoms with Crippen LogP contribution < -0.4 is 16.0 Å². The molecule has 1 aliphatic rings. The van der Waals surface area contributed by atoms with Crippen LogP contribution in [0.15, 0.2) is 53.6 Å². The topological polar surface area (TPSA) is 120 Å². The molecule has 0 bridgehead atoms. The summed E-state index contributed by atoms with van der Waals surface area (Å²) < 4.78 is 25.7. The summed E-state index contributed by atoms with van der Waals surface area (Å²) in [6, 6.07) is 11.6. The number of anilines is 5. The predicted molar refractivity (Wildman–Crippen MR) is 156 cm³/mol. The maximum atomic E-state index is 12.8. The average Bonchev–Trinajstić information content (AvgIpc) is 2.89. The van der Waals surface area contributed by atoms with Crippen molar-refractivity contribution in [2.24, 2.45) is 0 Å². The standard InChI is InChI=1S/C26H31Cl2N7O3S/c1-17(2)39(37,38)23-7-5-4-6-21(23)31-25-20(28)15-29-26(33-25)32-22-14-18(8-9-19(22)27)30-24(36)16-35-12-10-34(3)11-13-35/h4-9,14-15,17H,10-13,16H2,1-3H3,(H,30,36)(H2,29,31,32,33). The number of hydrogen-bond donors (Lipinski definition) is 3. The number of carbonyl (C=O) groups excluding carboxylic acids is 1. The Kier molecular flexibility index (Phi) is 9.29. The normalized spacial score (nSPS) is 14.8. The van der Waals surface area contributed by atoms with Gasteiger partial charge in [0, 0.05) is 31.9 Å². The number of sulfone groups is 1. The number of nitrogens with one attached hydrogen (secondary N) is 3. The minimum Gasteiger partial charge on any atom is -0.338 e. The Balaban J connectivity index is 1.49. The van der Waals surface area contributed by atoms with Gasteiger partial charge in [0.1, 0.15) is 5.02 Å². The molecule has 2 aromatic carbocycles. The Morgan fingerprint density at radius 2 is 1.72 bits per heavy atom. The number of nitrogens with zero attached hydrogens (tertiary/aromatic N) is 4. The van der Waals surface area contributed by atoms with E-state index in [4.69, 9.17) is 23.2 Å². The number of likely N-dealkylation sites (N-methyl/N-ethyl adjacent to an activating group) is 1. The van der Waals surface area contributed by atoms with Gasteiger partial charge in [0.15, 0.2) is 15.7 Å². The highest BCUT2D eigenvalue weighted by Gasteiger charge is 2.23. The zero-order valence-electron chi connectivity index (χ0n) is 21.9. The van der Waals surface area contributed by atoms with E-state index in [1.54, 1.807) is 50.2 Å². The van der Waals surface area contributed by atoms with Crippen LogP contribution in [0, 0.1) is 0 Å². The molecule has 1 amide bonds. The molecule has 3 aromatic rings. The first-order chi connectivity index (χ1) is 18.5. The second-order valence-electron chi connectivity index (χ2n) is 9.55. The number of amides is 1. The van der Waals surface area contributed by atoms with E-state index in [0.717, 1.165) is 26.2 Å². The van der Waals surface area contributed by atoms with E-state index in [0.29, 0.717) is 28.6 Å². The third-order valence-corrected chi connectivity index (χ3v) is 9.09. The highest BCUT2D eigenvalue weighted by molar-refractivity contribution is 7.92. The quantitative estimate of drug-likeness (QED) is 0.327. The molecular weight excluding hydrogens is 561 g/mol. The monoisotopic (exact) mass is 591 g/mol. The number of hydrogen-bond acceptors (Lipinski definition) is 9. The molecule has 10 nitrogen and oxygen atoms in total. The molecule has 2 heterocycles. The molecule has 208 valence electrons. The van der Waals surface area contributed by atoms with E-state index in [-0.39, 0.29) is 27.6 Å². The van der Waals surface area contributed by atoms with Crippen molar-refractivity contribution < 1.29 is 13.2 Å². The van der Waals surface area contributed by atoms with Crippen LogP contribution in [0.3, 0.4) is 0 Å². The molecule has 0 aliphatic carbocycles. The van der Waals surface area contributed by atoms with Crippen molar-refractivity contribution in [3.05, 3.63) is 58.7 Å². The van der Waals surface area contributed by atoms with Gasteiger partial charge in [-0.3, -0.25) is 9.69 Å². The summed E-state index contributed by atoms with van der Waals surface area (Å²) in [7, 11) is -1.48. The van der Waals surface area contributed by atoms with Crippen LogP contribution in [0.2, 0.25) is 10.0 Å². The molecule has 4 rings (SSSR count). The van der Waals surface area contributed by atoms with Crippen LogP contribution in [0.4, 0.5) is 28.8 Å². The van der Waals surface area contributed by atoms with Crippen molar-refractivity contribution in [1.29, 1.82) is 0 Å². The lowest BCUT2D eigenvalue weighted by Crippen LogP contribution is -2.47. The zero-order chi connectivity index (χ0) is 28.2. The molecule has 1 saturated heterocycles. The Labute approximate surface area is 238 Å². The lowest BCUT2D eigenvalue weighted by atomic mass is 10.2. The Bertz CT molecular complexity index is 1450. The zero-order valence-corrected chi connectivity index (χ0v) is 24.2. The van der Waals surface area contributed by atoms with Gasteiger partial charge in [0.2, 0.25) is 11.9 Å². The molecule has 0 spiro atoms. The van der Waals surface area contributed by atoms with Crippen LogP contribution in [0.25, 0.3) is 0 Å². The van der Waals surface area contributed by atoms with Gasteiger partial charge in [-0.05, 0) is 51.2 Å². The van der Waals surface area contributed by atoms with Crippen LogP contribution in [0.1, 0.15) is 13.8 Å². The predicted octanol–water partition coefficient (Wildman–Crippen LogP) is 4.64. The van der Waals surface area contributed by atoms with Crippen molar-refractivity contribution in [1.82, 2.24) is 19.8 Å². The van der Waals surface area contributed by atoms with Crippen LogP contribution in [0.5, 0.6) is 0 Å². The first-order valence-corrected chi connectivity index (χ1v) is 14.7. The molecule has 0 saturated carbocycles. The van der Waals surface area contributed by atoms with Crippen molar-refractivity contribution in [2.45, 2.75) is 24.0 Å². The second-order valence-corrected chi connectivity index (χ2v) is 12.8. The number of benzene rings is 2. The van der Waals surface area contributed by atoms with Crippen molar-refractivity contribution in [3.8, 4) is 0 Å². The van der Waals surface area contributed by atoms with Crippen molar-refractivity contribution in [2.75, 3.05) is 55.7 Å². The minimum atomic E-state index is -3.55. The number of carbonyl (C=O) groups is 1. The minimum absolute atomic E-state index is 0.114. The van der Waals surface area contributed by atoms with Gasteiger partial charge in [-0.1, -0.05) is 35.3 Å². The maximum absolute atomic E-state index is 12.8. The molecule has 1 aromatic heterocycles. The summed E-state index contributed by atoms with van der Waals surface area (Å²) in [4.78, 5) is 25.7. The van der Waals surface area contributed by atoms with Gasteiger partial charge in [0.25, 0.3) is 0 Å². The Hall–Kier alpha value is -2.96. The third kappa shape index (κ3) is 7.37. The van der Waals surface area contributed by atoms with Gasteiger partial charge in [0.05, 0.1) is 39.3 Å². The van der Waals surface area contributed by atoms with E-state index >= 15 is 0 Å². The molecular formula is C26H31Cl2N7O3S. The maximum Gasteiger partial charge on any atom is 0.238 e. The number of aromatic nitrogens is 2. The van der Waals surface area contributed by atoms with Gasteiger partial charge in [-0.25, -0.2) is 13.4 Å². The lowest BCUT2D eigenvalue weighted by molar-refractivity contribution is -0.117. The molecule has 0 radical (unpaired) electrons. The fourth-order valence-corrected chi connectivity index (χ4v) is 5.45. The van der Waals surface area contributed by atoms with E-state index < -0.39 is 15.1 Å². The largest absolute Gasteiger partial charge is 0.338 e. The fraction of sp³-hybridized carbons (Fsp3) is 0.346. The molecule has 13 heteroatoms. The highest BCUT2D eigenvalue weighted by Crippen LogP contribution is 2.32. The fourth-order valence-electron chi connectivity index (χ4n) is 3.94. The van der Waals surface area contributed by atoms with Crippen molar-refractivity contribution in [3.63, 3.8) is 0 Å². The van der Waals surface area contributed by atoms with Crippen LogP contribution in [-0.2, 0) is 14.6 Å². The summed E-state index contributed by atoms with van der Waals surface area (Å²) in [5.74, 6) is 0.277. The first-order valence-electron chi connectivity index (χ1n) is 12.4. The molecule has 0 unspecified atom stereocenters. The molecule has 39 heavy (non-hydrogen) atoms. The van der Waals surface area contributed by atoms with E-state index in [1.807, 2.05) is 0 Å². The molecule has 1 aliphatic heterocycles. The Morgan fingerprint density at radius 3 is 2.44 bits per heavy atom. The number of para-hydroxylation sites is 1. The molecule has 1 fully saturated rings.